The lowest BCUT2D eigenvalue weighted by atomic mass is 10.00. The maximum absolute atomic E-state index is 13.2. The van der Waals surface area contributed by atoms with Crippen molar-refractivity contribution in [2.24, 2.45) is 0 Å². The summed E-state index contributed by atoms with van der Waals surface area (Å²) in [5, 5.41) is 8.63. The first kappa shape index (κ1) is 20.2. The molecular formula is C14H12F6N2O3S. The second kappa shape index (κ2) is 7.27. The van der Waals surface area contributed by atoms with Gasteiger partial charge in [-0.2, -0.15) is 26.3 Å². The molecule has 12 heteroatoms. The highest BCUT2D eigenvalue weighted by Gasteiger charge is 2.39. The highest BCUT2D eigenvalue weighted by molar-refractivity contribution is 7.80. The Morgan fingerprint density at radius 1 is 1.31 bits per heavy atom. The number of nitrogens with zero attached hydrogens (tertiary/aromatic N) is 1. The Bertz CT molecular complexity index is 707. The van der Waals surface area contributed by atoms with Crippen molar-refractivity contribution in [1.29, 1.82) is 0 Å². The first-order valence-electron chi connectivity index (χ1n) is 7.10. The molecular weight excluding hydrogens is 390 g/mol. The molecule has 2 rings (SSSR count). The Morgan fingerprint density at radius 3 is 2.42 bits per heavy atom. The molecule has 5 nitrogen and oxygen atoms in total. The molecule has 0 spiro atoms. The number of rotatable bonds is 4. The summed E-state index contributed by atoms with van der Waals surface area (Å²) in [5.74, 6) is -1.74. The van der Waals surface area contributed by atoms with Gasteiger partial charge in [0.1, 0.15) is 16.8 Å². The summed E-state index contributed by atoms with van der Waals surface area (Å²) in [6, 6.07) is 1.57. The van der Waals surface area contributed by atoms with Gasteiger partial charge in [0.05, 0.1) is 5.56 Å². The fourth-order valence-electron chi connectivity index (χ4n) is 2.31. The third-order valence-electron chi connectivity index (χ3n) is 3.62. The third-order valence-corrected chi connectivity index (χ3v) is 4.09. The number of thiocarbonyl (C=S) groups is 1. The summed E-state index contributed by atoms with van der Waals surface area (Å²) in [5.41, 5.74) is -0.0889. The number of carbonyl (C=O) groups excluding carboxylic acids is 1. The minimum atomic E-state index is -4.97. The number of halogens is 6. The molecule has 2 N–H and O–H groups in total. The summed E-state index contributed by atoms with van der Waals surface area (Å²) in [7, 11) is 0. The van der Waals surface area contributed by atoms with E-state index in [9.17, 15) is 31.1 Å². The lowest BCUT2D eigenvalue weighted by Crippen LogP contribution is -2.57. The molecule has 1 fully saturated rings. The minimum Gasteiger partial charge on any atom is -0.483 e. The van der Waals surface area contributed by atoms with Crippen LogP contribution in [0.4, 0.5) is 26.3 Å². The molecule has 144 valence electrons. The van der Waals surface area contributed by atoms with Gasteiger partial charge in [0.25, 0.3) is 5.91 Å². The van der Waals surface area contributed by atoms with Crippen LogP contribution in [-0.2, 0) is 11.0 Å². The SMILES string of the molecule is O=C(NO)[C@H]1CCN1C(=S)c1ccc(OCC(F)(F)F)c(C(F)(F)F)c1. The molecule has 0 unspecified atom stereocenters. The van der Waals surface area contributed by atoms with Crippen molar-refractivity contribution in [3.8, 4) is 5.75 Å². The summed E-state index contributed by atoms with van der Waals surface area (Å²) in [4.78, 5) is 12.6. The van der Waals surface area contributed by atoms with Gasteiger partial charge in [-0.1, -0.05) is 12.2 Å². The molecule has 0 radical (unpaired) electrons. The molecule has 1 heterocycles. The van der Waals surface area contributed by atoms with Gasteiger partial charge < -0.3 is 9.64 Å². The number of ether oxygens (including phenoxy) is 1. The number of benzene rings is 1. The zero-order valence-electron chi connectivity index (χ0n) is 12.8. The van der Waals surface area contributed by atoms with Crippen molar-refractivity contribution in [3.05, 3.63) is 29.3 Å². The van der Waals surface area contributed by atoms with Gasteiger partial charge >= 0.3 is 12.4 Å². The second-order valence-corrected chi connectivity index (χ2v) is 5.78. The lowest BCUT2D eigenvalue weighted by molar-refractivity contribution is -0.158. The van der Waals surface area contributed by atoms with Crippen LogP contribution in [0.15, 0.2) is 18.2 Å². The van der Waals surface area contributed by atoms with Crippen LogP contribution < -0.4 is 10.2 Å². The minimum absolute atomic E-state index is 0.0993. The Balaban J connectivity index is 2.28. The molecule has 1 saturated heterocycles. The van der Waals surface area contributed by atoms with E-state index >= 15 is 0 Å². The van der Waals surface area contributed by atoms with Crippen molar-refractivity contribution in [1.82, 2.24) is 10.4 Å². The summed E-state index contributed by atoms with van der Waals surface area (Å²) >= 11 is 5.06. The third kappa shape index (κ3) is 4.55. The lowest BCUT2D eigenvalue weighted by Gasteiger charge is -2.41. The van der Waals surface area contributed by atoms with Crippen molar-refractivity contribution in [2.75, 3.05) is 13.2 Å². The van der Waals surface area contributed by atoms with Crippen molar-refractivity contribution < 1.29 is 41.1 Å². The van der Waals surface area contributed by atoms with Crippen LogP contribution in [0.3, 0.4) is 0 Å². The molecule has 0 aliphatic carbocycles. The van der Waals surface area contributed by atoms with Crippen molar-refractivity contribution in [2.45, 2.75) is 24.8 Å². The molecule has 0 saturated carbocycles. The van der Waals surface area contributed by atoms with E-state index in [-0.39, 0.29) is 17.1 Å². The zero-order valence-corrected chi connectivity index (χ0v) is 13.6. The maximum Gasteiger partial charge on any atom is 0.422 e. The van der Waals surface area contributed by atoms with E-state index in [0.29, 0.717) is 12.5 Å². The highest BCUT2D eigenvalue weighted by Crippen LogP contribution is 2.38. The van der Waals surface area contributed by atoms with Crippen LogP contribution in [-0.4, -0.2) is 46.4 Å². The highest BCUT2D eigenvalue weighted by atomic mass is 32.1. The molecule has 1 amide bonds. The van der Waals surface area contributed by atoms with Crippen LogP contribution in [0.2, 0.25) is 0 Å². The summed E-state index contributed by atoms with van der Waals surface area (Å²) < 4.78 is 80.3. The topological polar surface area (TPSA) is 61.8 Å². The van der Waals surface area contributed by atoms with Gasteiger partial charge in [-0.25, -0.2) is 5.48 Å². The second-order valence-electron chi connectivity index (χ2n) is 5.39. The van der Waals surface area contributed by atoms with Gasteiger partial charge in [0.15, 0.2) is 6.61 Å². The standard InChI is InChI=1S/C14H12F6N2O3S/c15-13(16,17)6-25-10-2-1-7(5-8(10)14(18,19)20)12(26)22-4-3-9(22)11(23)21-24/h1-2,5,9,24H,3-4,6H2,(H,21,23)/t9-/m1/s1. The summed E-state index contributed by atoms with van der Waals surface area (Å²) in [6.45, 7) is -1.59. The molecule has 26 heavy (non-hydrogen) atoms. The molecule has 1 aliphatic rings. The normalized spacial score (nSPS) is 17.5. The first-order chi connectivity index (χ1) is 11.9. The number of hydroxylamine groups is 1. The fraction of sp³-hybridized carbons (Fsp3) is 0.429. The van der Waals surface area contributed by atoms with Crippen molar-refractivity contribution in [3.63, 3.8) is 0 Å². The zero-order chi connectivity index (χ0) is 19.7. The van der Waals surface area contributed by atoms with E-state index in [1.807, 2.05) is 0 Å². The Kier molecular flexibility index (Phi) is 5.66. The van der Waals surface area contributed by atoms with E-state index in [1.165, 1.54) is 10.4 Å². The Hall–Kier alpha value is -2.08. The number of carbonyl (C=O) groups is 1. The summed E-state index contributed by atoms with van der Waals surface area (Å²) in [6.07, 6.45) is -9.42. The van der Waals surface area contributed by atoms with Crippen LogP contribution in [0.1, 0.15) is 17.5 Å². The first-order valence-corrected chi connectivity index (χ1v) is 7.50. The van der Waals surface area contributed by atoms with Gasteiger partial charge in [-0.05, 0) is 24.6 Å². The predicted molar refractivity (Wildman–Crippen MR) is 79.7 cm³/mol. The van der Waals surface area contributed by atoms with Gasteiger partial charge in [-0.15, -0.1) is 0 Å². The quantitative estimate of drug-likeness (QED) is 0.351. The van der Waals surface area contributed by atoms with Gasteiger partial charge in [0.2, 0.25) is 0 Å². The maximum atomic E-state index is 13.2. The smallest absolute Gasteiger partial charge is 0.422 e. The predicted octanol–water partition coefficient (Wildman–Crippen LogP) is 2.90. The Morgan fingerprint density at radius 2 is 1.96 bits per heavy atom. The van der Waals surface area contributed by atoms with Gasteiger partial charge in [-0.3, -0.25) is 10.0 Å². The molecule has 1 aliphatic heterocycles. The number of hydrogen-bond acceptors (Lipinski definition) is 4. The molecule has 0 aromatic heterocycles. The van der Waals surface area contributed by atoms with E-state index in [2.05, 4.69) is 4.74 Å². The molecule has 0 bridgehead atoms. The number of hydrogen-bond donors (Lipinski definition) is 2. The molecule has 1 atom stereocenters. The van der Waals surface area contributed by atoms with E-state index in [4.69, 9.17) is 17.4 Å². The van der Waals surface area contributed by atoms with E-state index in [0.717, 1.165) is 12.1 Å². The number of nitrogens with one attached hydrogen (secondary N) is 1. The number of amides is 1. The van der Waals surface area contributed by atoms with Crippen LogP contribution in [0, 0.1) is 0 Å². The number of likely N-dealkylation sites (tertiary alicyclic amines) is 1. The molecule has 1 aromatic rings. The van der Waals surface area contributed by atoms with Crippen LogP contribution >= 0.6 is 12.2 Å². The largest absolute Gasteiger partial charge is 0.483 e. The van der Waals surface area contributed by atoms with Crippen LogP contribution in [0.5, 0.6) is 5.75 Å². The Labute approximate surface area is 148 Å². The average Bonchev–Trinajstić information content (AvgIpc) is 2.49. The van der Waals surface area contributed by atoms with E-state index in [1.54, 1.807) is 0 Å². The van der Waals surface area contributed by atoms with E-state index < -0.39 is 42.2 Å². The fourth-order valence-corrected chi connectivity index (χ4v) is 2.66. The van der Waals surface area contributed by atoms with Gasteiger partial charge in [0, 0.05) is 12.1 Å². The van der Waals surface area contributed by atoms with Crippen molar-refractivity contribution >= 4 is 23.1 Å². The van der Waals surface area contributed by atoms with Crippen LogP contribution in [0.25, 0.3) is 0 Å². The molecule has 1 aromatic carbocycles. The number of alkyl halides is 6. The average molecular weight is 402 g/mol. The monoisotopic (exact) mass is 402 g/mol.